The van der Waals surface area contributed by atoms with Crippen LogP contribution in [0.1, 0.15) is 54.0 Å². The second-order valence-corrected chi connectivity index (χ2v) is 12.0. The fourth-order valence-corrected chi connectivity index (χ4v) is 6.84. The minimum atomic E-state index is -3.37. The molecule has 0 saturated heterocycles. The molecule has 0 saturated carbocycles. The van der Waals surface area contributed by atoms with Gasteiger partial charge in [0.15, 0.2) is 0 Å². The van der Waals surface area contributed by atoms with Gasteiger partial charge in [-0.3, -0.25) is 13.9 Å². The van der Waals surface area contributed by atoms with Crippen LogP contribution in [-0.2, 0) is 17.9 Å². The van der Waals surface area contributed by atoms with Gasteiger partial charge in [0.25, 0.3) is 0 Å². The van der Waals surface area contributed by atoms with Gasteiger partial charge in [0, 0.05) is 25.2 Å². The van der Waals surface area contributed by atoms with Gasteiger partial charge in [-0.1, -0.05) is 29.5 Å². The number of carboxylic acid groups (broad SMARTS) is 1. The number of carbonyl (C=O) groups is 1. The van der Waals surface area contributed by atoms with Crippen LogP contribution < -0.4 is 4.74 Å². The SMILES string of the molecule is CCn1nnc2c(C)c(C(CC(=O)O)c3ccc(C)c(CN4CC(C)Oc5ncccc5S4(O)O)c3)ccc21. The van der Waals surface area contributed by atoms with E-state index in [1.807, 2.05) is 62.7 Å². The molecule has 0 spiro atoms. The zero-order chi connectivity index (χ0) is 27.9. The maximum atomic E-state index is 12.0. The van der Waals surface area contributed by atoms with Crippen molar-refractivity contribution in [1.82, 2.24) is 24.3 Å². The summed E-state index contributed by atoms with van der Waals surface area (Å²) in [7, 11) is -3.37. The Morgan fingerprint density at radius 1 is 1.21 bits per heavy atom. The molecule has 1 aliphatic rings. The smallest absolute Gasteiger partial charge is 0.304 e. The fraction of sp³-hybridized carbons (Fsp3) is 0.357. The minimum Gasteiger partial charge on any atom is -0.481 e. The van der Waals surface area contributed by atoms with Crippen LogP contribution in [0.4, 0.5) is 0 Å². The minimum absolute atomic E-state index is 0.0976. The Kier molecular flexibility index (Phi) is 7.34. The summed E-state index contributed by atoms with van der Waals surface area (Å²) in [6, 6.07) is 13.1. The molecule has 3 N–H and O–H groups in total. The molecule has 0 radical (unpaired) electrons. The van der Waals surface area contributed by atoms with E-state index >= 15 is 0 Å². The first-order valence-electron chi connectivity index (χ1n) is 12.9. The van der Waals surface area contributed by atoms with Gasteiger partial charge in [-0.25, -0.2) is 9.67 Å². The zero-order valence-corrected chi connectivity index (χ0v) is 23.2. The monoisotopic (exact) mass is 551 g/mol. The quantitative estimate of drug-likeness (QED) is 0.277. The number of pyridine rings is 1. The fourth-order valence-electron chi connectivity index (χ4n) is 5.23. The van der Waals surface area contributed by atoms with Crippen LogP contribution >= 0.6 is 10.8 Å². The topological polar surface area (TPSA) is 134 Å². The molecule has 3 heterocycles. The van der Waals surface area contributed by atoms with E-state index in [0.29, 0.717) is 6.54 Å². The lowest BCUT2D eigenvalue weighted by Crippen LogP contribution is -2.33. The van der Waals surface area contributed by atoms with Crippen molar-refractivity contribution in [3.8, 4) is 5.88 Å². The Morgan fingerprint density at radius 3 is 2.74 bits per heavy atom. The van der Waals surface area contributed by atoms with Gasteiger partial charge in [-0.15, -0.1) is 15.9 Å². The predicted octanol–water partition coefficient (Wildman–Crippen LogP) is 5.38. The molecular formula is C28H33N5O5S. The number of aryl methyl sites for hydroxylation is 3. The Labute approximate surface area is 228 Å². The molecule has 0 amide bonds. The van der Waals surface area contributed by atoms with Crippen molar-refractivity contribution in [3.05, 3.63) is 76.5 Å². The van der Waals surface area contributed by atoms with E-state index in [0.717, 1.165) is 38.9 Å². The van der Waals surface area contributed by atoms with Gasteiger partial charge in [-0.05, 0) is 73.7 Å². The third kappa shape index (κ3) is 5.10. The van der Waals surface area contributed by atoms with Gasteiger partial charge in [-0.2, -0.15) is 4.31 Å². The van der Waals surface area contributed by atoms with Crippen molar-refractivity contribution < 1.29 is 23.7 Å². The molecular weight excluding hydrogens is 518 g/mol. The van der Waals surface area contributed by atoms with E-state index in [2.05, 4.69) is 15.3 Å². The molecule has 0 fully saturated rings. The number of ether oxygens (including phenoxy) is 1. The first-order chi connectivity index (χ1) is 18.6. The number of carboxylic acids is 1. The summed E-state index contributed by atoms with van der Waals surface area (Å²) in [5, 5.41) is 18.4. The number of fused-ring (bicyclic) bond motifs is 2. The van der Waals surface area contributed by atoms with Gasteiger partial charge in [0.05, 0.1) is 18.5 Å². The highest BCUT2D eigenvalue weighted by Crippen LogP contribution is 2.56. The standard InChI is InChI=1S/C28H33N5O5S/c1-5-33-24-11-10-22(19(4)27(24)30-31-33)23(14-26(34)35)20-9-8-17(2)21(13-20)16-32-15-18(3)38-28-25(39(32,36)37)7-6-12-29-28/h6-13,18,23,36-37H,5,14-16H2,1-4H3,(H,34,35). The van der Waals surface area contributed by atoms with Crippen molar-refractivity contribution >= 4 is 27.8 Å². The van der Waals surface area contributed by atoms with Crippen molar-refractivity contribution in [2.75, 3.05) is 6.54 Å². The largest absolute Gasteiger partial charge is 0.481 e. The molecule has 2 atom stereocenters. The molecule has 10 nitrogen and oxygen atoms in total. The Bertz CT molecular complexity index is 1540. The van der Waals surface area contributed by atoms with Crippen LogP contribution in [0.5, 0.6) is 5.88 Å². The maximum Gasteiger partial charge on any atom is 0.304 e. The molecule has 39 heavy (non-hydrogen) atoms. The third-order valence-corrected chi connectivity index (χ3v) is 9.22. The summed E-state index contributed by atoms with van der Waals surface area (Å²) in [6.07, 6.45) is 1.15. The van der Waals surface area contributed by atoms with Crippen molar-refractivity contribution in [2.45, 2.75) is 64.1 Å². The van der Waals surface area contributed by atoms with E-state index < -0.39 is 22.7 Å². The predicted molar refractivity (Wildman–Crippen MR) is 149 cm³/mol. The summed E-state index contributed by atoms with van der Waals surface area (Å²) >= 11 is 0. The summed E-state index contributed by atoms with van der Waals surface area (Å²) in [4.78, 5) is 16.5. The number of hydrogen-bond acceptors (Lipinski definition) is 8. The molecule has 2 unspecified atom stereocenters. The normalized spacial score (nSPS) is 18.7. The van der Waals surface area contributed by atoms with Crippen molar-refractivity contribution in [1.29, 1.82) is 0 Å². The Hall–Kier alpha value is -3.51. The summed E-state index contributed by atoms with van der Waals surface area (Å²) < 4.78 is 32.0. The summed E-state index contributed by atoms with van der Waals surface area (Å²) in [5.74, 6) is -1.10. The van der Waals surface area contributed by atoms with Crippen LogP contribution in [0.2, 0.25) is 0 Å². The number of rotatable bonds is 7. The van der Waals surface area contributed by atoms with E-state index in [1.54, 1.807) is 22.6 Å². The molecule has 0 bridgehead atoms. The zero-order valence-electron chi connectivity index (χ0n) is 22.4. The average Bonchev–Trinajstić information content (AvgIpc) is 3.29. The molecule has 11 heteroatoms. The molecule has 4 aromatic rings. The second kappa shape index (κ2) is 10.6. The molecule has 2 aromatic heterocycles. The Balaban J connectivity index is 1.54. The van der Waals surface area contributed by atoms with E-state index in [-0.39, 0.29) is 36.4 Å². The number of benzene rings is 2. The van der Waals surface area contributed by atoms with Crippen LogP contribution in [0.3, 0.4) is 0 Å². The lowest BCUT2D eigenvalue weighted by Gasteiger charge is -2.41. The summed E-state index contributed by atoms with van der Waals surface area (Å²) in [6.45, 7) is 9.00. The van der Waals surface area contributed by atoms with Gasteiger partial charge in [0.1, 0.15) is 16.5 Å². The molecule has 5 rings (SSSR count). The lowest BCUT2D eigenvalue weighted by atomic mass is 9.84. The van der Waals surface area contributed by atoms with Crippen molar-refractivity contribution in [3.63, 3.8) is 0 Å². The van der Waals surface area contributed by atoms with Crippen LogP contribution in [0, 0.1) is 13.8 Å². The van der Waals surface area contributed by atoms with E-state index in [4.69, 9.17) is 4.74 Å². The van der Waals surface area contributed by atoms with Gasteiger partial charge < -0.3 is 9.84 Å². The van der Waals surface area contributed by atoms with Crippen LogP contribution in [-0.4, -0.2) is 57.1 Å². The molecule has 0 aliphatic carbocycles. The first-order valence-corrected chi connectivity index (χ1v) is 14.4. The molecule has 1 aliphatic heterocycles. The first kappa shape index (κ1) is 27.1. The summed E-state index contributed by atoms with van der Waals surface area (Å²) in [5.41, 5.74) is 6.12. The van der Waals surface area contributed by atoms with Crippen LogP contribution in [0.25, 0.3) is 11.0 Å². The second-order valence-electron chi connectivity index (χ2n) is 9.97. The van der Waals surface area contributed by atoms with E-state index in [9.17, 15) is 19.0 Å². The number of aromatic nitrogens is 4. The number of nitrogens with zero attached hydrogens (tertiary/aromatic N) is 5. The van der Waals surface area contributed by atoms with E-state index in [1.165, 1.54) is 0 Å². The number of aliphatic carboxylic acids is 1. The highest BCUT2D eigenvalue weighted by atomic mass is 32.3. The third-order valence-electron chi connectivity index (χ3n) is 7.32. The van der Waals surface area contributed by atoms with Crippen LogP contribution in [0.15, 0.2) is 53.6 Å². The molecule has 206 valence electrons. The molecule has 2 aromatic carbocycles. The Morgan fingerprint density at radius 2 is 2.00 bits per heavy atom. The lowest BCUT2D eigenvalue weighted by molar-refractivity contribution is -0.137. The van der Waals surface area contributed by atoms with Gasteiger partial charge >= 0.3 is 5.97 Å². The highest BCUT2D eigenvalue weighted by molar-refractivity contribution is 8.22. The van der Waals surface area contributed by atoms with Gasteiger partial charge in [0.2, 0.25) is 5.88 Å². The maximum absolute atomic E-state index is 12.0. The van der Waals surface area contributed by atoms with Crippen molar-refractivity contribution in [2.24, 2.45) is 0 Å². The highest BCUT2D eigenvalue weighted by Gasteiger charge is 2.35. The number of hydrogen-bond donors (Lipinski definition) is 3. The average molecular weight is 552 g/mol.